The molecule has 0 aromatic carbocycles. The molecule has 0 spiro atoms. The van der Waals surface area contributed by atoms with Crippen LogP contribution in [0.5, 0.6) is 0 Å². The summed E-state index contributed by atoms with van der Waals surface area (Å²) in [6, 6.07) is 6.26. The van der Waals surface area contributed by atoms with E-state index in [4.69, 9.17) is 8.94 Å². The smallest absolute Gasteiger partial charge is 0.124 e. The van der Waals surface area contributed by atoms with Crippen molar-refractivity contribution in [2.75, 3.05) is 26.2 Å². The average Bonchev–Trinajstić information content (AvgIpc) is 3.14. The average molecular weight is 305 g/mol. The van der Waals surface area contributed by atoms with Crippen molar-refractivity contribution in [1.82, 2.24) is 15.0 Å². The molecule has 0 radical (unpaired) electrons. The van der Waals surface area contributed by atoms with Gasteiger partial charge in [0.25, 0.3) is 0 Å². The summed E-state index contributed by atoms with van der Waals surface area (Å²) in [5.41, 5.74) is 0.956. The molecule has 1 saturated heterocycles. The van der Waals surface area contributed by atoms with Crippen molar-refractivity contribution >= 4 is 0 Å². The van der Waals surface area contributed by atoms with Crippen LogP contribution in [0, 0.1) is 6.92 Å². The molecule has 0 amide bonds. The fourth-order valence-electron chi connectivity index (χ4n) is 3.05. The fraction of sp³-hybridized carbons (Fsp3) is 0.562. The fourth-order valence-corrected chi connectivity index (χ4v) is 3.05. The van der Waals surface area contributed by atoms with E-state index < -0.39 is 0 Å². The lowest BCUT2D eigenvalue weighted by atomic mass is 10.1. The van der Waals surface area contributed by atoms with Crippen LogP contribution in [0.2, 0.25) is 0 Å². The van der Waals surface area contributed by atoms with Crippen molar-refractivity contribution in [1.29, 1.82) is 0 Å². The number of piperazine rings is 1. The molecule has 1 aliphatic heterocycles. The van der Waals surface area contributed by atoms with E-state index in [2.05, 4.69) is 15.0 Å². The van der Waals surface area contributed by atoms with Crippen LogP contribution in [-0.4, -0.2) is 52.3 Å². The second-order valence-corrected chi connectivity index (χ2v) is 5.87. The summed E-state index contributed by atoms with van der Waals surface area (Å²) in [7, 11) is 0. The Morgan fingerprint density at radius 1 is 1.27 bits per heavy atom. The van der Waals surface area contributed by atoms with Crippen molar-refractivity contribution in [2.24, 2.45) is 0 Å². The van der Waals surface area contributed by atoms with Crippen molar-refractivity contribution in [3.63, 3.8) is 0 Å². The SMILES string of the molecule is Cc1ccc(CN2CCN(Cc3ccon3)C[C@@H]2CCO)o1. The lowest BCUT2D eigenvalue weighted by molar-refractivity contribution is 0.0444. The maximum absolute atomic E-state index is 9.35. The highest BCUT2D eigenvalue weighted by Gasteiger charge is 2.27. The first-order chi connectivity index (χ1) is 10.7. The predicted molar refractivity (Wildman–Crippen MR) is 81.1 cm³/mol. The van der Waals surface area contributed by atoms with Gasteiger partial charge in [0.2, 0.25) is 0 Å². The molecular formula is C16H23N3O3. The van der Waals surface area contributed by atoms with Crippen molar-refractivity contribution in [3.8, 4) is 0 Å². The van der Waals surface area contributed by atoms with E-state index in [0.717, 1.165) is 56.4 Å². The molecule has 0 unspecified atom stereocenters. The number of furan rings is 1. The molecule has 0 saturated carbocycles. The number of hydrogen-bond donors (Lipinski definition) is 1. The van der Waals surface area contributed by atoms with Crippen LogP contribution in [-0.2, 0) is 13.1 Å². The first-order valence-electron chi connectivity index (χ1n) is 7.76. The van der Waals surface area contributed by atoms with Gasteiger partial charge in [-0.05, 0) is 25.5 Å². The standard InChI is InChI=1S/C16H23N3O3/c1-13-2-3-16(22-13)12-19-7-6-18(11-15(19)4-8-20)10-14-5-9-21-17-14/h2-3,5,9,15,20H,4,6-8,10-12H2,1H3/t15-/m0/s1. The quantitative estimate of drug-likeness (QED) is 0.875. The van der Waals surface area contributed by atoms with E-state index in [9.17, 15) is 5.11 Å². The molecule has 1 fully saturated rings. The van der Waals surface area contributed by atoms with Crippen LogP contribution >= 0.6 is 0 Å². The minimum atomic E-state index is 0.205. The highest BCUT2D eigenvalue weighted by Crippen LogP contribution is 2.19. The molecule has 6 nitrogen and oxygen atoms in total. The molecule has 2 aromatic heterocycles. The topological polar surface area (TPSA) is 65.9 Å². The molecule has 0 bridgehead atoms. The Hall–Kier alpha value is -1.63. The Morgan fingerprint density at radius 2 is 2.18 bits per heavy atom. The van der Waals surface area contributed by atoms with Crippen LogP contribution in [0.15, 0.2) is 33.4 Å². The number of hydrogen-bond acceptors (Lipinski definition) is 6. The van der Waals surface area contributed by atoms with Gasteiger partial charge in [-0.1, -0.05) is 5.16 Å². The maximum Gasteiger partial charge on any atom is 0.124 e. The summed E-state index contributed by atoms with van der Waals surface area (Å²) in [4.78, 5) is 4.76. The van der Waals surface area contributed by atoms with Crippen LogP contribution in [0.1, 0.15) is 23.6 Å². The van der Waals surface area contributed by atoms with Gasteiger partial charge in [-0.25, -0.2) is 0 Å². The summed E-state index contributed by atoms with van der Waals surface area (Å²) in [5.74, 6) is 1.93. The molecule has 0 aliphatic carbocycles. The molecule has 120 valence electrons. The van der Waals surface area contributed by atoms with Gasteiger partial charge in [0, 0.05) is 44.9 Å². The van der Waals surface area contributed by atoms with Gasteiger partial charge in [0.1, 0.15) is 17.8 Å². The largest absolute Gasteiger partial charge is 0.465 e. The van der Waals surface area contributed by atoms with Crippen LogP contribution in [0.25, 0.3) is 0 Å². The van der Waals surface area contributed by atoms with E-state index >= 15 is 0 Å². The van der Waals surface area contributed by atoms with Crippen molar-refractivity contribution in [2.45, 2.75) is 32.5 Å². The van der Waals surface area contributed by atoms with Crippen molar-refractivity contribution in [3.05, 3.63) is 41.7 Å². The van der Waals surface area contributed by atoms with Gasteiger partial charge in [-0.2, -0.15) is 0 Å². The van der Waals surface area contributed by atoms with Gasteiger partial charge >= 0.3 is 0 Å². The molecular weight excluding hydrogens is 282 g/mol. The van der Waals surface area contributed by atoms with Gasteiger partial charge in [-0.3, -0.25) is 9.80 Å². The number of aliphatic hydroxyl groups excluding tert-OH is 1. The molecule has 22 heavy (non-hydrogen) atoms. The Labute approximate surface area is 130 Å². The van der Waals surface area contributed by atoms with Crippen molar-refractivity contribution < 1.29 is 14.0 Å². The first kappa shape index (κ1) is 15.3. The lowest BCUT2D eigenvalue weighted by Crippen LogP contribution is -2.52. The number of rotatable bonds is 6. The normalized spacial score (nSPS) is 20.5. The summed E-state index contributed by atoms with van der Waals surface area (Å²) in [6.07, 6.45) is 2.38. The maximum atomic E-state index is 9.35. The van der Waals surface area contributed by atoms with Gasteiger partial charge in [-0.15, -0.1) is 0 Å². The molecule has 2 aromatic rings. The molecule has 6 heteroatoms. The summed E-state index contributed by atoms with van der Waals surface area (Å²) in [5, 5.41) is 13.3. The van der Waals surface area contributed by atoms with Gasteiger partial charge < -0.3 is 14.0 Å². The van der Waals surface area contributed by atoms with Crippen LogP contribution in [0.3, 0.4) is 0 Å². The number of nitrogens with zero attached hydrogens (tertiary/aromatic N) is 3. The van der Waals surface area contributed by atoms with E-state index in [1.807, 2.05) is 25.1 Å². The van der Waals surface area contributed by atoms with Gasteiger partial charge in [0.15, 0.2) is 0 Å². The second-order valence-electron chi connectivity index (χ2n) is 5.87. The third-order valence-electron chi connectivity index (χ3n) is 4.18. The minimum Gasteiger partial charge on any atom is -0.465 e. The summed E-state index contributed by atoms with van der Waals surface area (Å²) >= 11 is 0. The third kappa shape index (κ3) is 3.76. The van der Waals surface area contributed by atoms with Crippen LogP contribution in [0.4, 0.5) is 0 Å². The molecule has 1 N–H and O–H groups in total. The predicted octanol–water partition coefficient (Wildman–Crippen LogP) is 1.64. The lowest BCUT2D eigenvalue weighted by Gasteiger charge is -2.40. The number of aromatic nitrogens is 1. The molecule has 1 atom stereocenters. The molecule has 3 heterocycles. The van der Waals surface area contributed by atoms with Gasteiger partial charge in [0.05, 0.1) is 12.2 Å². The van der Waals surface area contributed by atoms with Crippen LogP contribution < -0.4 is 0 Å². The summed E-state index contributed by atoms with van der Waals surface area (Å²) < 4.78 is 10.6. The Kier molecular flexibility index (Phi) is 4.92. The van der Waals surface area contributed by atoms with E-state index in [-0.39, 0.29) is 6.61 Å². The highest BCUT2D eigenvalue weighted by molar-refractivity contribution is 5.06. The molecule has 1 aliphatic rings. The minimum absolute atomic E-state index is 0.205. The zero-order chi connectivity index (χ0) is 15.4. The monoisotopic (exact) mass is 305 g/mol. The van der Waals surface area contributed by atoms with E-state index in [1.165, 1.54) is 0 Å². The van der Waals surface area contributed by atoms with E-state index in [0.29, 0.717) is 6.04 Å². The third-order valence-corrected chi connectivity index (χ3v) is 4.18. The summed E-state index contributed by atoms with van der Waals surface area (Å²) in [6.45, 7) is 6.63. The first-order valence-corrected chi connectivity index (χ1v) is 7.76. The Morgan fingerprint density at radius 3 is 2.86 bits per heavy atom. The zero-order valence-electron chi connectivity index (χ0n) is 12.9. The highest BCUT2D eigenvalue weighted by atomic mass is 16.5. The number of aliphatic hydroxyl groups is 1. The zero-order valence-corrected chi connectivity index (χ0v) is 12.9. The van der Waals surface area contributed by atoms with E-state index in [1.54, 1.807) is 6.26 Å². The number of aryl methyl sites for hydroxylation is 1. The second kappa shape index (κ2) is 7.09. The Bertz CT molecular complexity index is 567. The molecule has 3 rings (SSSR count). The Balaban J connectivity index is 1.60.